The van der Waals surface area contributed by atoms with E-state index in [1.165, 1.54) is 0 Å². The molecule has 6 heteroatoms. The van der Waals surface area contributed by atoms with Crippen LogP contribution >= 0.6 is 0 Å². The SMILES string of the molecule is NCC1CCCC1NS(=O)(=O)CC1CCCO1. The van der Waals surface area contributed by atoms with Gasteiger partial charge < -0.3 is 10.5 Å². The summed E-state index contributed by atoms with van der Waals surface area (Å²) in [6.45, 7) is 1.25. The van der Waals surface area contributed by atoms with E-state index in [9.17, 15) is 8.42 Å². The minimum Gasteiger partial charge on any atom is -0.377 e. The zero-order chi connectivity index (χ0) is 12.3. The van der Waals surface area contributed by atoms with Crippen molar-refractivity contribution in [3.05, 3.63) is 0 Å². The molecule has 3 atom stereocenters. The van der Waals surface area contributed by atoms with Gasteiger partial charge in [-0.1, -0.05) is 6.42 Å². The molecule has 0 spiro atoms. The number of sulfonamides is 1. The molecule has 1 saturated carbocycles. The van der Waals surface area contributed by atoms with Crippen LogP contribution in [0.2, 0.25) is 0 Å². The molecule has 1 aliphatic heterocycles. The number of nitrogens with two attached hydrogens (primary N) is 1. The van der Waals surface area contributed by atoms with Crippen molar-refractivity contribution in [1.82, 2.24) is 4.72 Å². The topological polar surface area (TPSA) is 81.4 Å². The lowest BCUT2D eigenvalue weighted by molar-refractivity contribution is 0.127. The molecule has 0 aromatic rings. The van der Waals surface area contributed by atoms with Crippen molar-refractivity contribution in [2.45, 2.75) is 44.2 Å². The Morgan fingerprint density at radius 3 is 2.71 bits per heavy atom. The Labute approximate surface area is 103 Å². The third kappa shape index (κ3) is 3.64. The Bertz CT molecular complexity index is 339. The molecular formula is C11H22N2O3S. The summed E-state index contributed by atoms with van der Waals surface area (Å²) in [7, 11) is -3.22. The van der Waals surface area contributed by atoms with E-state index in [0.717, 1.165) is 32.1 Å². The lowest BCUT2D eigenvalue weighted by atomic mass is 10.1. The fourth-order valence-electron chi connectivity index (χ4n) is 2.77. The van der Waals surface area contributed by atoms with Crippen molar-refractivity contribution in [3.8, 4) is 0 Å². The van der Waals surface area contributed by atoms with Gasteiger partial charge in [0.1, 0.15) is 0 Å². The maximum atomic E-state index is 12.0. The van der Waals surface area contributed by atoms with E-state index in [1.54, 1.807) is 0 Å². The van der Waals surface area contributed by atoms with Crippen molar-refractivity contribution >= 4 is 10.0 Å². The normalized spacial score (nSPS) is 34.3. The molecule has 0 amide bonds. The summed E-state index contributed by atoms with van der Waals surface area (Å²) in [5, 5.41) is 0. The van der Waals surface area contributed by atoms with Gasteiger partial charge in [-0.3, -0.25) is 0 Å². The summed E-state index contributed by atoms with van der Waals surface area (Å²) in [4.78, 5) is 0. The Hall–Kier alpha value is -0.170. The summed E-state index contributed by atoms with van der Waals surface area (Å²) in [5.41, 5.74) is 5.65. The van der Waals surface area contributed by atoms with E-state index in [1.807, 2.05) is 0 Å². The van der Waals surface area contributed by atoms with E-state index in [-0.39, 0.29) is 17.9 Å². The predicted octanol–water partition coefficient (Wildman–Crippen LogP) is 0.212. The van der Waals surface area contributed by atoms with Crippen LogP contribution in [0.1, 0.15) is 32.1 Å². The molecule has 2 aliphatic rings. The van der Waals surface area contributed by atoms with Gasteiger partial charge in [-0.25, -0.2) is 13.1 Å². The van der Waals surface area contributed by atoms with Crippen LogP contribution in [0.4, 0.5) is 0 Å². The number of rotatable bonds is 5. The van der Waals surface area contributed by atoms with Crippen molar-refractivity contribution in [2.75, 3.05) is 18.9 Å². The molecule has 5 nitrogen and oxygen atoms in total. The van der Waals surface area contributed by atoms with Crippen LogP contribution in [-0.4, -0.2) is 39.5 Å². The minimum atomic E-state index is -3.22. The maximum Gasteiger partial charge on any atom is 0.214 e. The first kappa shape index (κ1) is 13.3. The fourth-order valence-corrected chi connectivity index (χ4v) is 4.39. The van der Waals surface area contributed by atoms with Gasteiger partial charge in [-0.05, 0) is 38.1 Å². The number of ether oxygens (including phenoxy) is 1. The van der Waals surface area contributed by atoms with Crippen molar-refractivity contribution in [2.24, 2.45) is 11.7 Å². The second kappa shape index (κ2) is 5.65. The second-order valence-electron chi connectivity index (χ2n) is 5.07. The average molecular weight is 262 g/mol. The first-order valence-electron chi connectivity index (χ1n) is 6.42. The first-order valence-corrected chi connectivity index (χ1v) is 8.07. The summed E-state index contributed by atoms with van der Waals surface area (Å²) in [6, 6.07) is 0.0337. The van der Waals surface area contributed by atoms with Crippen molar-refractivity contribution < 1.29 is 13.2 Å². The lowest BCUT2D eigenvalue weighted by Gasteiger charge is -2.20. The quantitative estimate of drug-likeness (QED) is 0.742. The molecule has 0 radical (unpaired) electrons. The zero-order valence-electron chi connectivity index (χ0n) is 10.1. The molecule has 100 valence electrons. The Morgan fingerprint density at radius 2 is 2.06 bits per heavy atom. The maximum absolute atomic E-state index is 12.0. The Balaban J connectivity index is 1.87. The van der Waals surface area contributed by atoms with E-state index >= 15 is 0 Å². The summed E-state index contributed by atoms with van der Waals surface area (Å²) >= 11 is 0. The molecule has 2 fully saturated rings. The molecule has 2 rings (SSSR count). The summed E-state index contributed by atoms with van der Waals surface area (Å²) < 4.78 is 32.1. The van der Waals surface area contributed by atoms with Gasteiger partial charge in [0.15, 0.2) is 0 Å². The Morgan fingerprint density at radius 1 is 1.24 bits per heavy atom. The number of hydrogen-bond acceptors (Lipinski definition) is 4. The van der Waals surface area contributed by atoms with Crippen LogP contribution in [0.5, 0.6) is 0 Å². The van der Waals surface area contributed by atoms with Crippen LogP contribution in [0.25, 0.3) is 0 Å². The highest BCUT2D eigenvalue weighted by molar-refractivity contribution is 7.89. The smallest absolute Gasteiger partial charge is 0.214 e. The monoisotopic (exact) mass is 262 g/mol. The van der Waals surface area contributed by atoms with Gasteiger partial charge in [-0.2, -0.15) is 0 Å². The molecule has 3 unspecified atom stereocenters. The molecular weight excluding hydrogens is 240 g/mol. The van der Waals surface area contributed by atoms with Gasteiger partial charge in [0, 0.05) is 12.6 Å². The highest BCUT2D eigenvalue weighted by atomic mass is 32.2. The highest BCUT2D eigenvalue weighted by Gasteiger charge is 2.31. The summed E-state index contributed by atoms with van der Waals surface area (Å²) in [5.74, 6) is 0.398. The molecule has 1 heterocycles. The summed E-state index contributed by atoms with van der Waals surface area (Å²) in [6.07, 6.45) is 4.71. The van der Waals surface area contributed by atoms with Crippen molar-refractivity contribution in [3.63, 3.8) is 0 Å². The number of hydrogen-bond donors (Lipinski definition) is 2. The van der Waals surface area contributed by atoms with Gasteiger partial charge in [0.2, 0.25) is 10.0 Å². The zero-order valence-corrected chi connectivity index (χ0v) is 10.9. The van der Waals surface area contributed by atoms with E-state index in [0.29, 0.717) is 19.1 Å². The predicted molar refractivity (Wildman–Crippen MR) is 66.1 cm³/mol. The lowest BCUT2D eigenvalue weighted by Crippen LogP contribution is -2.42. The first-order chi connectivity index (χ1) is 8.11. The van der Waals surface area contributed by atoms with E-state index in [2.05, 4.69) is 4.72 Å². The fraction of sp³-hybridized carbons (Fsp3) is 1.00. The van der Waals surface area contributed by atoms with Crippen molar-refractivity contribution in [1.29, 1.82) is 0 Å². The third-order valence-corrected chi connectivity index (χ3v) is 5.19. The van der Waals surface area contributed by atoms with Gasteiger partial charge >= 0.3 is 0 Å². The standard InChI is InChI=1S/C11H22N2O3S/c12-7-9-3-1-5-11(9)13-17(14,15)8-10-4-2-6-16-10/h9-11,13H,1-8,12H2. The van der Waals surface area contributed by atoms with Crippen LogP contribution in [0.3, 0.4) is 0 Å². The number of nitrogens with one attached hydrogen (secondary N) is 1. The van der Waals surface area contributed by atoms with Gasteiger partial charge in [-0.15, -0.1) is 0 Å². The van der Waals surface area contributed by atoms with Crippen LogP contribution in [0.15, 0.2) is 0 Å². The molecule has 1 saturated heterocycles. The molecule has 17 heavy (non-hydrogen) atoms. The molecule has 1 aliphatic carbocycles. The van der Waals surface area contributed by atoms with Crippen LogP contribution in [-0.2, 0) is 14.8 Å². The van der Waals surface area contributed by atoms with Crippen LogP contribution < -0.4 is 10.5 Å². The largest absolute Gasteiger partial charge is 0.377 e. The molecule has 0 aromatic heterocycles. The molecule has 0 bridgehead atoms. The van der Waals surface area contributed by atoms with E-state index < -0.39 is 10.0 Å². The highest BCUT2D eigenvalue weighted by Crippen LogP contribution is 2.25. The van der Waals surface area contributed by atoms with Gasteiger partial charge in [0.25, 0.3) is 0 Å². The minimum absolute atomic E-state index is 0.0337. The second-order valence-corrected chi connectivity index (χ2v) is 6.87. The molecule has 3 N–H and O–H groups in total. The third-order valence-electron chi connectivity index (χ3n) is 3.72. The molecule has 0 aromatic carbocycles. The van der Waals surface area contributed by atoms with E-state index in [4.69, 9.17) is 10.5 Å². The average Bonchev–Trinajstić information content (AvgIpc) is 2.87. The van der Waals surface area contributed by atoms with Crippen LogP contribution in [0, 0.1) is 5.92 Å². The van der Waals surface area contributed by atoms with Gasteiger partial charge in [0.05, 0.1) is 11.9 Å². The Kier molecular flexibility index (Phi) is 4.41.